The van der Waals surface area contributed by atoms with Crippen molar-refractivity contribution in [2.24, 2.45) is 0 Å². The summed E-state index contributed by atoms with van der Waals surface area (Å²) in [5.41, 5.74) is -1.19. The van der Waals surface area contributed by atoms with Crippen molar-refractivity contribution in [3.8, 4) is 6.07 Å². The highest BCUT2D eigenvalue weighted by Gasteiger charge is 2.18. The van der Waals surface area contributed by atoms with Gasteiger partial charge in [0.1, 0.15) is 5.60 Å². The Bertz CT molecular complexity index is 316. The number of nitrogens with zero attached hydrogens (tertiary/aromatic N) is 1. The highest BCUT2D eigenvalue weighted by atomic mass is 32.2. The normalized spacial score (nSPS) is 14.4. The monoisotopic (exact) mass is 207 g/mol. The Labute approximate surface area is 88.6 Å². The maximum absolute atomic E-state index is 9.43. The molecule has 74 valence electrons. The standard InChI is InChI=1S/C11H13NOS/c1-11(13,9-12)7-8-14-10-5-3-2-4-6-10/h2-6,13H,7-8H2,1H3. The lowest BCUT2D eigenvalue weighted by Gasteiger charge is -2.12. The van der Waals surface area contributed by atoms with E-state index in [1.165, 1.54) is 4.90 Å². The van der Waals surface area contributed by atoms with Crippen LogP contribution in [0.1, 0.15) is 13.3 Å². The van der Waals surface area contributed by atoms with Gasteiger partial charge < -0.3 is 5.11 Å². The van der Waals surface area contributed by atoms with Crippen molar-refractivity contribution in [3.05, 3.63) is 30.3 Å². The molecule has 0 bridgehead atoms. The van der Waals surface area contributed by atoms with Gasteiger partial charge in [0.05, 0.1) is 6.07 Å². The lowest BCUT2D eigenvalue weighted by atomic mass is 10.1. The van der Waals surface area contributed by atoms with Crippen molar-refractivity contribution in [2.45, 2.75) is 23.8 Å². The van der Waals surface area contributed by atoms with Crippen molar-refractivity contribution in [1.82, 2.24) is 0 Å². The van der Waals surface area contributed by atoms with Crippen molar-refractivity contribution < 1.29 is 5.11 Å². The maximum Gasteiger partial charge on any atom is 0.149 e. The molecule has 1 rings (SSSR count). The van der Waals surface area contributed by atoms with E-state index in [1.807, 2.05) is 36.4 Å². The molecule has 0 radical (unpaired) electrons. The number of rotatable bonds is 4. The van der Waals surface area contributed by atoms with Crippen LogP contribution in [0.4, 0.5) is 0 Å². The van der Waals surface area contributed by atoms with Crippen LogP contribution in [0, 0.1) is 11.3 Å². The summed E-state index contributed by atoms with van der Waals surface area (Å²) >= 11 is 1.65. The third-order valence-corrected chi connectivity index (χ3v) is 2.86. The Hall–Kier alpha value is -0.980. The zero-order valence-electron chi connectivity index (χ0n) is 8.10. The molecule has 0 aliphatic carbocycles. The Morgan fingerprint density at radius 2 is 2.07 bits per heavy atom. The van der Waals surface area contributed by atoms with E-state index in [9.17, 15) is 5.11 Å². The molecule has 0 aliphatic rings. The second-order valence-electron chi connectivity index (χ2n) is 3.30. The molecule has 0 saturated heterocycles. The molecule has 0 amide bonds. The summed E-state index contributed by atoms with van der Waals surface area (Å²) in [6, 6.07) is 11.8. The van der Waals surface area contributed by atoms with Crippen LogP contribution in [0.3, 0.4) is 0 Å². The summed E-state index contributed by atoms with van der Waals surface area (Å²) in [6.07, 6.45) is 0.489. The molecule has 0 spiro atoms. The minimum absolute atomic E-state index is 0.489. The summed E-state index contributed by atoms with van der Waals surface area (Å²) in [7, 11) is 0. The molecule has 1 N–H and O–H groups in total. The number of hydrogen-bond donors (Lipinski definition) is 1. The molecule has 0 fully saturated rings. The van der Waals surface area contributed by atoms with Crippen LogP contribution in [0.25, 0.3) is 0 Å². The summed E-state index contributed by atoms with van der Waals surface area (Å²) < 4.78 is 0. The van der Waals surface area contributed by atoms with E-state index in [4.69, 9.17) is 5.26 Å². The van der Waals surface area contributed by atoms with E-state index in [1.54, 1.807) is 18.7 Å². The van der Waals surface area contributed by atoms with E-state index in [0.717, 1.165) is 5.75 Å². The lowest BCUT2D eigenvalue weighted by Crippen LogP contribution is -2.21. The second kappa shape index (κ2) is 5.04. The van der Waals surface area contributed by atoms with Gasteiger partial charge in [-0.3, -0.25) is 0 Å². The molecule has 0 aromatic heterocycles. The quantitative estimate of drug-likeness (QED) is 0.609. The largest absolute Gasteiger partial charge is 0.376 e. The van der Waals surface area contributed by atoms with Gasteiger partial charge in [-0.1, -0.05) is 18.2 Å². The molecule has 1 aromatic carbocycles. The van der Waals surface area contributed by atoms with E-state index >= 15 is 0 Å². The van der Waals surface area contributed by atoms with Gasteiger partial charge in [0.25, 0.3) is 0 Å². The topological polar surface area (TPSA) is 44.0 Å². The predicted molar refractivity (Wildman–Crippen MR) is 58.0 cm³/mol. The van der Waals surface area contributed by atoms with Gasteiger partial charge in [-0.25, -0.2) is 0 Å². The summed E-state index contributed by atoms with van der Waals surface area (Å²) in [4.78, 5) is 1.17. The fourth-order valence-corrected chi connectivity index (χ4v) is 2.03. The molecule has 3 heteroatoms. The van der Waals surface area contributed by atoms with Crippen LogP contribution in [0.2, 0.25) is 0 Å². The van der Waals surface area contributed by atoms with Gasteiger partial charge in [-0.15, -0.1) is 11.8 Å². The molecule has 1 unspecified atom stereocenters. The zero-order chi connectivity index (χ0) is 10.4. The Balaban J connectivity index is 2.34. The highest BCUT2D eigenvalue weighted by molar-refractivity contribution is 7.99. The first kappa shape index (κ1) is 11.1. The summed E-state index contributed by atoms with van der Waals surface area (Å²) in [5, 5.41) is 18.0. The molecule has 1 atom stereocenters. The van der Waals surface area contributed by atoms with Crippen molar-refractivity contribution >= 4 is 11.8 Å². The maximum atomic E-state index is 9.43. The number of nitriles is 1. The number of aliphatic hydroxyl groups is 1. The van der Waals surface area contributed by atoms with Crippen LogP contribution >= 0.6 is 11.8 Å². The van der Waals surface area contributed by atoms with E-state index in [-0.39, 0.29) is 0 Å². The number of thioether (sulfide) groups is 1. The van der Waals surface area contributed by atoms with Crippen molar-refractivity contribution in [1.29, 1.82) is 5.26 Å². The highest BCUT2D eigenvalue weighted by Crippen LogP contribution is 2.20. The SMILES string of the molecule is CC(O)(C#N)CCSc1ccccc1. The van der Waals surface area contributed by atoms with Crippen LogP contribution < -0.4 is 0 Å². The molecule has 0 heterocycles. The van der Waals surface area contributed by atoms with Gasteiger partial charge in [0.2, 0.25) is 0 Å². The third-order valence-electron chi connectivity index (χ3n) is 1.84. The Morgan fingerprint density at radius 3 is 2.64 bits per heavy atom. The van der Waals surface area contributed by atoms with Gasteiger partial charge >= 0.3 is 0 Å². The molecule has 14 heavy (non-hydrogen) atoms. The van der Waals surface area contributed by atoms with Gasteiger partial charge in [-0.05, 0) is 25.5 Å². The minimum Gasteiger partial charge on any atom is -0.376 e. The van der Waals surface area contributed by atoms with Crippen molar-refractivity contribution in [2.75, 3.05) is 5.75 Å². The molecule has 1 aromatic rings. The average Bonchev–Trinajstić information content (AvgIpc) is 2.19. The fraction of sp³-hybridized carbons (Fsp3) is 0.364. The fourth-order valence-electron chi connectivity index (χ4n) is 0.940. The third kappa shape index (κ3) is 3.82. The summed E-state index contributed by atoms with van der Waals surface area (Å²) in [6.45, 7) is 1.54. The molecule has 2 nitrogen and oxygen atoms in total. The van der Waals surface area contributed by atoms with Crippen molar-refractivity contribution in [3.63, 3.8) is 0 Å². The number of benzene rings is 1. The van der Waals surface area contributed by atoms with Crippen LogP contribution in [0.5, 0.6) is 0 Å². The molecule has 0 saturated carbocycles. The first-order valence-corrected chi connectivity index (χ1v) is 5.44. The first-order chi connectivity index (χ1) is 6.64. The smallest absolute Gasteiger partial charge is 0.149 e. The predicted octanol–water partition coefficient (Wildman–Crippen LogP) is 2.44. The van der Waals surface area contributed by atoms with Gasteiger partial charge in [-0.2, -0.15) is 5.26 Å². The van der Waals surface area contributed by atoms with Gasteiger partial charge in [0, 0.05) is 10.6 Å². The molecular formula is C11H13NOS. The van der Waals surface area contributed by atoms with Crippen LogP contribution in [-0.4, -0.2) is 16.5 Å². The second-order valence-corrected chi connectivity index (χ2v) is 4.47. The van der Waals surface area contributed by atoms with E-state index in [2.05, 4.69) is 0 Å². The lowest BCUT2D eigenvalue weighted by molar-refractivity contribution is 0.117. The van der Waals surface area contributed by atoms with E-state index in [0.29, 0.717) is 6.42 Å². The Morgan fingerprint density at radius 1 is 1.43 bits per heavy atom. The summed E-state index contributed by atoms with van der Waals surface area (Å²) in [5.74, 6) is 0.755. The molecule has 0 aliphatic heterocycles. The average molecular weight is 207 g/mol. The molecular weight excluding hydrogens is 194 g/mol. The number of hydrogen-bond acceptors (Lipinski definition) is 3. The van der Waals surface area contributed by atoms with Gasteiger partial charge in [0.15, 0.2) is 0 Å². The first-order valence-electron chi connectivity index (χ1n) is 4.45. The van der Waals surface area contributed by atoms with Crippen LogP contribution in [-0.2, 0) is 0 Å². The minimum atomic E-state index is -1.19. The van der Waals surface area contributed by atoms with Crippen LogP contribution in [0.15, 0.2) is 35.2 Å². The van der Waals surface area contributed by atoms with E-state index < -0.39 is 5.60 Å². The Kier molecular flexibility index (Phi) is 3.99. The zero-order valence-corrected chi connectivity index (χ0v) is 8.92.